The van der Waals surface area contributed by atoms with E-state index >= 15 is 0 Å². The lowest BCUT2D eigenvalue weighted by molar-refractivity contribution is -0.0595. The van der Waals surface area contributed by atoms with Crippen molar-refractivity contribution in [2.24, 2.45) is 5.73 Å². The van der Waals surface area contributed by atoms with Crippen LogP contribution in [0.5, 0.6) is 5.75 Å². The van der Waals surface area contributed by atoms with Crippen LogP contribution >= 0.6 is 0 Å². The minimum atomic E-state index is -0.377. The molecule has 0 aromatic heterocycles. The highest BCUT2D eigenvalue weighted by Gasteiger charge is 2.39. The molecule has 0 bridgehead atoms. The maximum Gasteiger partial charge on any atom is 0.165 e. The molecule has 0 amide bonds. The second-order valence-corrected chi connectivity index (χ2v) is 5.20. The van der Waals surface area contributed by atoms with Gasteiger partial charge in [-0.3, -0.25) is 0 Å². The number of rotatable bonds is 4. The van der Waals surface area contributed by atoms with E-state index in [9.17, 15) is 4.39 Å². The number of halogens is 1. The van der Waals surface area contributed by atoms with Crippen LogP contribution in [0.15, 0.2) is 18.2 Å². The Hall–Kier alpha value is -1.13. The van der Waals surface area contributed by atoms with E-state index in [0.29, 0.717) is 0 Å². The van der Waals surface area contributed by atoms with Gasteiger partial charge >= 0.3 is 0 Å². The molecule has 0 radical (unpaired) electrons. The molecule has 1 aliphatic rings. The minimum absolute atomic E-state index is 0.242. The van der Waals surface area contributed by atoms with E-state index in [0.717, 1.165) is 31.2 Å². The predicted molar refractivity (Wildman–Crippen MR) is 72.7 cm³/mol. The van der Waals surface area contributed by atoms with E-state index in [1.165, 1.54) is 19.6 Å². The molecule has 1 saturated carbocycles. The minimum Gasteiger partial charge on any atom is -0.494 e. The summed E-state index contributed by atoms with van der Waals surface area (Å²) in [4.78, 5) is 0. The molecule has 1 atom stereocenters. The van der Waals surface area contributed by atoms with E-state index in [-0.39, 0.29) is 23.2 Å². The van der Waals surface area contributed by atoms with E-state index in [1.807, 2.05) is 6.07 Å². The zero-order valence-electron chi connectivity index (χ0n) is 11.6. The highest BCUT2D eigenvalue weighted by molar-refractivity contribution is 5.32. The molecular weight excluding hydrogens is 245 g/mol. The zero-order valence-corrected chi connectivity index (χ0v) is 11.6. The number of hydrogen-bond donors (Lipinski definition) is 1. The summed E-state index contributed by atoms with van der Waals surface area (Å²) in [6, 6.07) is 4.59. The maximum atomic E-state index is 13.8. The number of methoxy groups -OCH3 is 2. The number of benzene rings is 1. The molecule has 1 fully saturated rings. The fourth-order valence-electron chi connectivity index (χ4n) is 2.97. The summed E-state index contributed by atoms with van der Waals surface area (Å²) in [5, 5.41) is 0. The Balaban J connectivity index is 2.26. The summed E-state index contributed by atoms with van der Waals surface area (Å²) in [6.07, 6.45) is 5.30. The number of ether oxygens (including phenoxy) is 2. The standard InChI is InChI=1S/C15H22FNO2/c1-18-13-7-6-11(10-12(13)16)14(17)15(19-2)8-4-3-5-9-15/h6-7,10,14H,3-5,8-9,17H2,1-2H3. The fourth-order valence-corrected chi connectivity index (χ4v) is 2.97. The summed E-state index contributed by atoms with van der Waals surface area (Å²) >= 11 is 0. The van der Waals surface area contributed by atoms with Gasteiger partial charge in [-0.1, -0.05) is 25.3 Å². The van der Waals surface area contributed by atoms with Crippen LogP contribution in [0.2, 0.25) is 0 Å². The van der Waals surface area contributed by atoms with E-state index in [4.69, 9.17) is 15.2 Å². The molecule has 3 nitrogen and oxygen atoms in total. The van der Waals surface area contributed by atoms with Crippen LogP contribution < -0.4 is 10.5 Å². The highest BCUT2D eigenvalue weighted by Crippen LogP contribution is 2.40. The van der Waals surface area contributed by atoms with Gasteiger partial charge in [-0.15, -0.1) is 0 Å². The zero-order chi connectivity index (χ0) is 13.9. The maximum absolute atomic E-state index is 13.8. The summed E-state index contributed by atoms with van der Waals surface area (Å²) in [6.45, 7) is 0. The van der Waals surface area contributed by atoms with Crippen LogP contribution in [0.1, 0.15) is 43.7 Å². The molecule has 2 rings (SSSR count). The second-order valence-electron chi connectivity index (χ2n) is 5.20. The van der Waals surface area contributed by atoms with Crippen molar-refractivity contribution in [3.05, 3.63) is 29.6 Å². The first-order valence-corrected chi connectivity index (χ1v) is 6.77. The van der Waals surface area contributed by atoms with Gasteiger partial charge in [0, 0.05) is 7.11 Å². The van der Waals surface area contributed by atoms with Crippen LogP contribution in [-0.4, -0.2) is 19.8 Å². The average molecular weight is 267 g/mol. The van der Waals surface area contributed by atoms with Crippen molar-refractivity contribution in [3.63, 3.8) is 0 Å². The van der Waals surface area contributed by atoms with Gasteiger partial charge in [0.05, 0.1) is 18.8 Å². The third kappa shape index (κ3) is 2.74. The van der Waals surface area contributed by atoms with Crippen molar-refractivity contribution in [2.75, 3.05) is 14.2 Å². The summed E-state index contributed by atoms with van der Waals surface area (Å²) < 4.78 is 24.4. The lowest BCUT2D eigenvalue weighted by Gasteiger charge is -2.41. The molecule has 0 aliphatic heterocycles. The molecule has 1 aromatic rings. The molecule has 106 valence electrons. The molecule has 0 saturated heterocycles. The van der Waals surface area contributed by atoms with Crippen molar-refractivity contribution in [1.82, 2.24) is 0 Å². The Morgan fingerprint density at radius 2 is 1.89 bits per heavy atom. The van der Waals surface area contributed by atoms with Gasteiger partial charge < -0.3 is 15.2 Å². The van der Waals surface area contributed by atoms with Crippen molar-refractivity contribution >= 4 is 0 Å². The lowest BCUT2D eigenvalue weighted by atomic mass is 9.77. The Kier molecular flexibility index (Phi) is 4.42. The summed E-state index contributed by atoms with van der Waals surface area (Å²) in [7, 11) is 3.15. The van der Waals surface area contributed by atoms with E-state index in [1.54, 1.807) is 13.2 Å². The molecule has 0 heterocycles. The van der Waals surface area contributed by atoms with Crippen molar-refractivity contribution in [2.45, 2.75) is 43.7 Å². The molecule has 4 heteroatoms. The number of hydrogen-bond acceptors (Lipinski definition) is 3. The Morgan fingerprint density at radius 3 is 2.42 bits per heavy atom. The molecular formula is C15H22FNO2. The van der Waals surface area contributed by atoms with E-state index < -0.39 is 0 Å². The van der Waals surface area contributed by atoms with Crippen LogP contribution in [0.3, 0.4) is 0 Å². The van der Waals surface area contributed by atoms with Gasteiger partial charge in [0.2, 0.25) is 0 Å². The van der Waals surface area contributed by atoms with Gasteiger partial charge in [-0.2, -0.15) is 0 Å². The largest absolute Gasteiger partial charge is 0.494 e. The van der Waals surface area contributed by atoms with Gasteiger partial charge in [-0.05, 0) is 30.5 Å². The van der Waals surface area contributed by atoms with Crippen LogP contribution in [-0.2, 0) is 4.74 Å². The number of nitrogens with two attached hydrogens (primary N) is 1. The SMILES string of the molecule is COc1ccc(C(N)C2(OC)CCCCC2)cc1F. The Morgan fingerprint density at radius 1 is 1.21 bits per heavy atom. The van der Waals surface area contributed by atoms with Gasteiger partial charge in [0.25, 0.3) is 0 Å². The van der Waals surface area contributed by atoms with Crippen LogP contribution in [0.4, 0.5) is 4.39 Å². The fraction of sp³-hybridized carbons (Fsp3) is 0.600. The van der Waals surface area contributed by atoms with Gasteiger partial charge in [-0.25, -0.2) is 4.39 Å². The topological polar surface area (TPSA) is 44.5 Å². The molecule has 1 aliphatic carbocycles. The third-order valence-corrected chi connectivity index (χ3v) is 4.21. The third-order valence-electron chi connectivity index (χ3n) is 4.21. The summed E-state index contributed by atoms with van der Waals surface area (Å²) in [5.41, 5.74) is 6.75. The molecule has 19 heavy (non-hydrogen) atoms. The Bertz CT molecular complexity index is 430. The first-order chi connectivity index (χ1) is 9.13. The first-order valence-electron chi connectivity index (χ1n) is 6.77. The predicted octanol–water partition coefficient (Wildman–Crippen LogP) is 3.18. The summed E-state index contributed by atoms with van der Waals surface area (Å²) in [5.74, 6) is -0.136. The average Bonchev–Trinajstić information content (AvgIpc) is 2.47. The van der Waals surface area contributed by atoms with Gasteiger partial charge in [0.15, 0.2) is 11.6 Å². The van der Waals surface area contributed by atoms with Crippen molar-refractivity contribution in [1.29, 1.82) is 0 Å². The molecule has 1 aromatic carbocycles. The van der Waals surface area contributed by atoms with Crippen LogP contribution in [0.25, 0.3) is 0 Å². The van der Waals surface area contributed by atoms with E-state index in [2.05, 4.69) is 0 Å². The normalized spacial score (nSPS) is 20.0. The molecule has 1 unspecified atom stereocenters. The second kappa shape index (κ2) is 5.88. The smallest absolute Gasteiger partial charge is 0.165 e. The molecule has 2 N–H and O–H groups in total. The quantitative estimate of drug-likeness (QED) is 0.911. The monoisotopic (exact) mass is 267 g/mol. The first kappa shape index (κ1) is 14.3. The lowest BCUT2D eigenvalue weighted by Crippen LogP contribution is -2.44. The van der Waals surface area contributed by atoms with Gasteiger partial charge in [0.1, 0.15) is 0 Å². The van der Waals surface area contributed by atoms with Crippen molar-refractivity contribution in [3.8, 4) is 5.75 Å². The van der Waals surface area contributed by atoms with Crippen LogP contribution in [0, 0.1) is 5.82 Å². The molecule has 0 spiro atoms. The van der Waals surface area contributed by atoms with Crippen molar-refractivity contribution < 1.29 is 13.9 Å². The Labute approximate surface area is 113 Å². The highest BCUT2D eigenvalue weighted by atomic mass is 19.1.